The van der Waals surface area contributed by atoms with Crippen molar-refractivity contribution in [3.05, 3.63) is 41.7 Å². The number of nitrogens with zero attached hydrogens (tertiary/aromatic N) is 1. The van der Waals surface area contributed by atoms with Gasteiger partial charge in [-0.2, -0.15) is 0 Å². The molecule has 1 rings (SSSR count). The molecule has 2 nitrogen and oxygen atoms in total. The second kappa shape index (κ2) is 7.64. The summed E-state index contributed by atoms with van der Waals surface area (Å²) in [4.78, 5) is 13.7. The standard InChI is InChI=1S/C15H20FNO/c1-3-10-17(11-4-2)15(18)9-8-13-6-5-7-14(16)12-13/h5-9,12H,3-4,10-11H2,1-2H3/b9-8+. The molecule has 0 aliphatic heterocycles. The first-order valence-corrected chi connectivity index (χ1v) is 6.40. The maximum atomic E-state index is 13.0. The van der Waals surface area contributed by atoms with Crippen LogP contribution in [0.2, 0.25) is 0 Å². The van der Waals surface area contributed by atoms with Crippen molar-refractivity contribution in [1.29, 1.82) is 0 Å². The molecule has 0 aliphatic rings. The fourth-order valence-corrected chi connectivity index (χ4v) is 1.76. The summed E-state index contributed by atoms with van der Waals surface area (Å²) in [5.74, 6) is -0.300. The zero-order valence-electron chi connectivity index (χ0n) is 11.0. The Morgan fingerprint density at radius 1 is 1.28 bits per heavy atom. The molecule has 1 amide bonds. The van der Waals surface area contributed by atoms with Crippen LogP contribution in [0.1, 0.15) is 32.3 Å². The summed E-state index contributed by atoms with van der Waals surface area (Å²) < 4.78 is 13.0. The molecule has 1 aromatic rings. The molecular weight excluding hydrogens is 229 g/mol. The summed E-state index contributed by atoms with van der Waals surface area (Å²) >= 11 is 0. The van der Waals surface area contributed by atoms with Gasteiger partial charge in [0.25, 0.3) is 0 Å². The molecule has 3 heteroatoms. The van der Waals surface area contributed by atoms with Crippen molar-refractivity contribution >= 4 is 12.0 Å². The Morgan fingerprint density at radius 2 is 1.94 bits per heavy atom. The molecule has 18 heavy (non-hydrogen) atoms. The lowest BCUT2D eigenvalue weighted by Crippen LogP contribution is -2.30. The van der Waals surface area contributed by atoms with E-state index >= 15 is 0 Å². The van der Waals surface area contributed by atoms with Gasteiger partial charge in [0.05, 0.1) is 0 Å². The van der Waals surface area contributed by atoms with Crippen LogP contribution in [-0.4, -0.2) is 23.9 Å². The highest BCUT2D eigenvalue weighted by Crippen LogP contribution is 2.06. The van der Waals surface area contributed by atoms with Crippen molar-refractivity contribution in [3.63, 3.8) is 0 Å². The highest BCUT2D eigenvalue weighted by Gasteiger charge is 2.07. The fourth-order valence-electron chi connectivity index (χ4n) is 1.76. The molecule has 1 aromatic carbocycles. The lowest BCUT2D eigenvalue weighted by atomic mass is 10.2. The van der Waals surface area contributed by atoms with E-state index in [1.165, 1.54) is 18.2 Å². The Hall–Kier alpha value is -1.64. The highest BCUT2D eigenvalue weighted by atomic mass is 19.1. The molecular formula is C15H20FNO. The number of carbonyl (C=O) groups excluding carboxylic acids is 1. The largest absolute Gasteiger partial charge is 0.339 e. The first-order chi connectivity index (χ1) is 8.67. The van der Waals surface area contributed by atoms with Crippen molar-refractivity contribution in [2.24, 2.45) is 0 Å². The molecule has 0 unspecified atom stereocenters. The van der Waals surface area contributed by atoms with Crippen molar-refractivity contribution < 1.29 is 9.18 Å². The summed E-state index contributed by atoms with van der Waals surface area (Å²) in [6, 6.07) is 6.21. The van der Waals surface area contributed by atoms with Gasteiger partial charge in [0.1, 0.15) is 5.82 Å². The monoisotopic (exact) mass is 249 g/mol. The van der Waals surface area contributed by atoms with Crippen LogP contribution in [0.4, 0.5) is 4.39 Å². The Balaban J connectivity index is 2.67. The quantitative estimate of drug-likeness (QED) is 0.707. The van der Waals surface area contributed by atoms with E-state index < -0.39 is 0 Å². The van der Waals surface area contributed by atoms with Crippen LogP contribution in [0.15, 0.2) is 30.3 Å². The predicted octanol–water partition coefficient (Wildman–Crippen LogP) is 3.49. The normalized spacial score (nSPS) is 10.8. The molecule has 0 saturated carbocycles. The fraction of sp³-hybridized carbons (Fsp3) is 0.400. The van der Waals surface area contributed by atoms with Crippen LogP contribution >= 0.6 is 0 Å². The molecule has 0 spiro atoms. The summed E-state index contributed by atoms with van der Waals surface area (Å²) in [5, 5.41) is 0. The van der Waals surface area contributed by atoms with Crippen molar-refractivity contribution in [1.82, 2.24) is 4.90 Å². The summed E-state index contributed by atoms with van der Waals surface area (Å²) in [6.07, 6.45) is 5.06. The number of rotatable bonds is 6. The van der Waals surface area contributed by atoms with Gasteiger partial charge >= 0.3 is 0 Å². The van der Waals surface area contributed by atoms with E-state index in [2.05, 4.69) is 0 Å². The SMILES string of the molecule is CCCN(CCC)C(=O)/C=C/c1cccc(F)c1. The van der Waals surface area contributed by atoms with Crippen LogP contribution in [0.25, 0.3) is 6.08 Å². The van der Waals surface area contributed by atoms with Gasteiger partial charge < -0.3 is 4.90 Å². The van der Waals surface area contributed by atoms with E-state index in [9.17, 15) is 9.18 Å². The Morgan fingerprint density at radius 3 is 2.50 bits per heavy atom. The maximum absolute atomic E-state index is 13.0. The van der Waals surface area contributed by atoms with Gasteiger partial charge in [-0.05, 0) is 36.6 Å². The third kappa shape index (κ3) is 4.70. The first kappa shape index (κ1) is 14.4. The Kier molecular flexibility index (Phi) is 6.12. The zero-order chi connectivity index (χ0) is 13.4. The first-order valence-electron chi connectivity index (χ1n) is 6.40. The van der Waals surface area contributed by atoms with Gasteiger partial charge in [-0.15, -0.1) is 0 Å². The number of hydrogen-bond donors (Lipinski definition) is 0. The van der Waals surface area contributed by atoms with Gasteiger partial charge in [0.15, 0.2) is 0 Å². The topological polar surface area (TPSA) is 20.3 Å². The van der Waals surface area contributed by atoms with Crippen LogP contribution in [0.3, 0.4) is 0 Å². The predicted molar refractivity (Wildman–Crippen MR) is 72.6 cm³/mol. The third-order valence-electron chi connectivity index (χ3n) is 2.57. The van der Waals surface area contributed by atoms with E-state index in [1.807, 2.05) is 18.7 Å². The van der Waals surface area contributed by atoms with E-state index in [0.29, 0.717) is 5.56 Å². The van der Waals surface area contributed by atoms with Gasteiger partial charge in [0.2, 0.25) is 5.91 Å². The average Bonchev–Trinajstić information content (AvgIpc) is 2.36. The van der Waals surface area contributed by atoms with Crippen molar-refractivity contribution in [2.75, 3.05) is 13.1 Å². The van der Waals surface area contributed by atoms with E-state index in [-0.39, 0.29) is 11.7 Å². The molecule has 0 atom stereocenters. The van der Waals surface area contributed by atoms with Gasteiger partial charge in [-0.25, -0.2) is 4.39 Å². The highest BCUT2D eigenvalue weighted by molar-refractivity contribution is 5.91. The van der Waals surface area contributed by atoms with Gasteiger partial charge in [0, 0.05) is 19.2 Å². The summed E-state index contributed by atoms with van der Waals surface area (Å²) in [7, 11) is 0. The smallest absolute Gasteiger partial charge is 0.246 e. The number of hydrogen-bond acceptors (Lipinski definition) is 1. The van der Waals surface area contributed by atoms with Crippen LogP contribution in [0.5, 0.6) is 0 Å². The van der Waals surface area contributed by atoms with E-state index in [1.54, 1.807) is 18.2 Å². The summed E-state index contributed by atoms with van der Waals surface area (Å²) in [5.41, 5.74) is 0.705. The molecule has 0 heterocycles. The second-order valence-corrected chi connectivity index (χ2v) is 4.21. The summed E-state index contributed by atoms with van der Waals surface area (Å²) in [6.45, 7) is 5.62. The van der Waals surface area contributed by atoms with E-state index in [4.69, 9.17) is 0 Å². The minimum atomic E-state index is -0.288. The molecule has 0 bridgehead atoms. The van der Waals surface area contributed by atoms with Crippen LogP contribution < -0.4 is 0 Å². The van der Waals surface area contributed by atoms with Gasteiger partial charge in [-0.3, -0.25) is 4.79 Å². The molecule has 0 fully saturated rings. The Bertz CT molecular complexity index is 409. The molecule has 0 aliphatic carbocycles. The van der Waals surface area contributed by atoms with E-state index in [0.717, 1.165) is 25.9 Å². The Labute approximate surface area is 108 Å². The molecule has 98 valence electrons. The van der Waals surface area contributed by atoms with Crippen LogP contribution in [-0.2, 0) is 4.79 Å². The lowest BCUT2D eigenvalue weighted by molar-refractivity contribution is -0.126. The maximum Gasteiger partial charge on any atom is 0.246 e. The number of carbonyl (C=O) groups is 1. The zero-order valence-corrected chi connectivity index (χ0v) is 11.0. The minimum absolute atomic E-state index is 0.0111. The number of amides is 1. The second-order valence-electron chi connectivity index (χ2n) is 4.21. The number of halogens is 1. The molecule has 0 aromatic heterocycles. The average molecular weight is 249 g/mol. The van der Waals surface area contributed by atoms with Gasteiger partial charge in [-0.1, -0.05) is 26.0 Å². The number of benzene rings is 1. The molecule has 0 N–H and O–H groups in total. The molecule has 0 saturated heterocycles. The van der Waals surface area contributed by atoms with Crippen LogP contribution in [0, 0.1) is 5.82 Å². The van der Waals surface area contributed by atoms with Crippen molar-refractivity contribution in [2.45, 2.75) is 26.7 Å². The molecule has 0 radical (unpaired) electrons. The third-order valence-corrected chi connectivity index (χ3v) is 2.57. The lowest BCUT2D eigenvalue weighted by Gasteiger charge is -2.19. The minimum Gasteiger partial charge on any atom is -0.339 e. The van der Waals surface area contributed by atoms with Crippen molar-refractivity contribution in [3.8, 4) is 0 Å².